The van der Waals surface area contributed by atoms with Crippen molar-refractivity contribution < 1.29 is 4.79 Å². The molecule has 0 radical (unpaired) electrons. The third kappa shape index (κ3) is 5.31. The molecule has 0 saturated carbocycles. The van der Waals surface area contributed by atoms with Gasteiger partial charge < -0.3 is 9.80 Å². The molecule has 1 aliphatic rings. The van der Waals surface area contributed by atoms with Gasteiger partial charge in [-0.25, -0.2) is 0 Å². The Morgan fingerprint density at radius 2 is 2.13 bits per heavy atom. The van der Waals surface area contributed by atoms with Crippen LogP contribution < -0.4 is 0 Å². The van der Waals surface area contributed by atoms with Gasteiger partial charge >= 0.3 is 0 Å². The zero-order valence-corrected chi connectivity index (χ0v) is 14.9. The number of hydrogen-bond donors (Lipinski definition) is 0. The summed E-state index contributed by atoms with van der Waals surface area (Å²) in [5, 5.41) is 0. The van der Waals surface area contributed by atoms with Gasteiger partial charge in [-0.05, 0) is 31.4 Å². The Morgan fingerprint density at radius 3 is 2.74 bits per heavy atom. The van der Waals surface area contributed by atoms with Crippen molar-refractivity contribution in [2.45, 2.75) is 52.0 Å². The number of likely N-dealkylation sites (tertiary alicyclic amines) is 1. The third-order valence-corrected chi connectivity index (χ3v) is 5.01. The van der Waals surface area contributed by atoms with Crippen LogP contribution in [0, 0.1) is 5.92 Å². The van der Waals surface area contributed by atoms with Crippen LogP contribution in [0.4, 0.5) is 0 Å². The minimum absolute atomic E-state index is 0.159. The maximum absolute atomic E-state index is 12.4. The van der Waals surface area contributed by atoms with Crippen LogP contribution in [-0.4, -0.2) is 53.4 Å². The van der Waals surface area contributed by atoms with Crippen molar-refractivity contribution >= 4 is 5.91 Å². The van der Waals surface area contributed by atoms with Crippen LogP contribution in [0.25, 0.3) is 0 Å². The third-order valence-electron chi connectivity index (χ3n) is 5.01. The van der Waals surface area contributed by atoms with E-state index in [-0.39, 0.29) is 5.92 Å². The summed E-state index contributed by atoms with van der Waals surface area (Å²) >= 11 is 0. The first kappa shape index (κ1) is 17.9. The Labute approximate surface area is 140 Å². The molecule has 2 heterocycles. The molecular weight excluding hydrogens is 286 g/mol. The number of aromatic nitrogens is 1. The van der Waals surface area contributed by atoms with E-state index in [9.17, 15) is 4.79 Å². The Hall–Kier alpha value is -1.42. The molecule has 1 aliphatic heterocycles. The molecule has 1 amide bonds. The van der Waals surface area contributed by atoms with Crippen molar-refractivity contribution in [3.8, 4) is 0 Å². The molecule has 1 aromatic heterocycles. The summed E-state index contributed by atoms with van der Waals surface area (Å²) in [7, 11) is 1.99. The van der Waals surface area contributed by atoms with Crippen LogP contribution in [-0.2, 0) is 11.2 Å². The summed E-state index contributed by atoms with van der Waals surface area (Å²) in [5.74, 6) is 0.478. The highest BCUT2D eigenvalue weighted by Crippen LogP contribution is 2.19. The first-order valence-corrected chi connectivity index (χ1v) is 9.00. The zero-order chi connectivity index (χ0) is 16.7. The van der Waals surface area contributed by atoms with Gasteiger partial charge in [-0.1, -0.05) is 26.3 Å². The SMILES string of the molecule is CCCC(C)C(=O)N(C)C1CCN(CCc2ccccn2)CC1. The molecular formula is C19H31N3O. The maximum Gasteiger partial charge on any atom is 0.225 e. The lowest BCUT2D eigenvalue weighted by Crippen LogP contribution is -2.47. The normalized spacial score (nSPS) is 17.9. The van der Waals surface area contributed by atoms with Gasteiger partial charge in [0.25, 0.3) is 0 Å². The number of carbonyl (C=O) groups excluding carboxylic acids is 1. The predicted octanol–water partition coefficient (Wildman–Crippen LogP) is 2.98. The summed E-state index contributed by atoms with van der Waals surface area (Å²) in [6.07, 6.45) is 7.11. The lowest BCUT2D eigenvalue weighted by atomic mass is 9.99. The van der Waals surface area contributed by atoms with Crippen LogP contribution in [0.3, 0.4) is 0 Å². The molecule has 0 aromatic carbocycles. The number of rotatable bonds is 7. The molecule has 1 atom stereocenters. The van der Waals surface area contributed by atoms with Crippen molar-refractivity contribution in [3.05, 3.63) is 30.1 Å². The quantitative estimate of drug-likeness (QED) is 0.776. The van der Waals surface area contributed by atoms with E-state index in [4.69, 9.17) is 0 Å². The fraction of sp³-hybridized carbons (Fsp3) is 0.684. The molecule has 1 aromatic rings. The summed E-state index contributed by atoms with van der Waals surface area (Å²) in [6.45, 7) is 7.43. The van der Waals surface area contributed by atoms with E-state index in [0.29, 0.717) is 11.9 Å². The molecule has 0 bridgehead atoms. The molecule has 128 valence electrons. The standard InChI is InChI=1S/C19H31N3O/c1-4-7-16(2)19(23)21(3)18-10-14-22(15-11-18)13-9-17-8-5-6-12-20-17/h5-6,8,12,16,18H,4,7,9-11,13-15H2,1-3H3. The Bertz CT molecular complexity index is 469. The molecule has 1 saturated heterocycles. The number of hydrogen-bond acceptors (Lipinski definition) is 3. The van der Waals surface area contributed by atoms with E-state index in [1.54, 1.807) is 0 Å². The minimum Gasteiger partial charge on any atom is -0.342 e. The van der Waals surface area contributed by atoms with Crippen LogP contribution in [0.15, 0.2) is 24.4 Å². The van der Waals surface area contributed by atoms with E-state index in [1.165, 1.54) is 0 Å². The molecule has 1 fully saturated rings. The van der Waals surface area contributed by atoms with Gasteiger partial charge in [-0.2, -0.15) is 0 Å². The van der Waals surface area contributed by atoms with Crippen molar-refractivity contribution in [2.24, 2.45) is 5.92 Å². The molecule has 23 heavy (non-hydrogen) atoms. The first-order valence-electron chi connectivity index (χ1n) is 9.00. The van der Waals surface area contributed by atoms with Gasteiger partial charge in [0, 0.05) is 57.0 Å². The van der Waals surface area contributed by atoms with Crippen LogP contribution in [0.5, 0.6) is 0 Å². The average Bonchev–Trinajstić information content (AvgIpc) is 2.60. The van der Waals surface area contributed by atoms with E-state index in [0.717, 1.165) is 57.4 Å². The molecule has 0 aliphatic carbocycles. The van der Waals surface area contributed by atoms with Gasteiger partial charge in [0.15, 0.2) is 0 Å². The molecule has 1 unspecified atom stereocenters. The van der Waals surface area contributed by atoms with Crippen molar-refractivity contribution in [3.63, 3.8) is 0 Å². The number of carbonyl (C=O) groups is 1. The highest BCUT2D eigenvalue weighted by atomic mass is 16.2. The number of nitrogens with zero attached hydrogens (tertiary/aromatic N) is 3. The Balaban J connectivity index is 1.74. The van der Waals surface area contributed by atoms with Crippen molar-refractivity contribution in [2.75, 3.05) is 26.7 Å². The molecule has 4 nitrogen and oxygen atoms in total. The molecule has 4 heteroatoms. The largest absolute Gasteiger partial charge is 0.342 e. The summed E-state index contributed by atoms with van der Waals surface area (Å²) < 4.78 is 0. The van der Waals surface area contributed by atoms with E-state index >= 15 is 0 Å². The molecule has 0 spiro atoms. The minimum atomic E-state index is 0.159. The molecule has 0 N–H and O–H groups in total. The number of amides is 1. The van der Waals surface area contributed by atoms with Crippen molar-refractivity contribution in [1.29, 1.82) is 0 Å². The van der Waals surface area contributed by atoms with Crippen molar-refractivity contribution in [1.82, 2.24) is 14.8 Å². The highest BCUT2D eigenvalue weighted by molar-refractivity contribution is 5.78. The Morgan fingerprint density at radius 1 is 1.39 bits per heavy atom. The fourth-order valence-corrected chi connectivity index (χ4v) is 3.43. The van der Waals surface area contributed by atoms with Gasteiger partial charge in [-0.3, -0.25) is 9.78 Å². The van der Waals surface area contributed by atoms with Crippen LogP contribution in [0.2, 0.25) is 0 Å². The van der Waals surface area contributed by atoms with Gasteiger partial charge in [0.1, 0.15) is 0 Å². The second kappa shape index (κ2) is 9.02. The van der Waals surface area contributed by atoms with E-state index < -0.39 is 0 Å². The first-order chi connectivity index (χ1) is 11.1. The topological polar surface area (TPSA) is 36.4 Å². The highest BCUT2D eigenvalue weighted by Gasteiger charge is 2.27. The molecule has 2 rings (SSSR count). The smallest absolute Gasteiger partial charge is 0.225 e. The monoisotopic (exact) mass is 317 g/mol. The van der Waals surface area contributed by atoms with Crippen LogP contribution >= 0.6 is 0 Å². The summed E-state index contributed by atoms with van der Waals surface area (Å²) in [6, 6.07) is 6.51. The van der Waals surface area contributed by atoms with Gasteiger partial charge in [-0.15, -0.1) is 0 Å². The lowest BCUT2D eigenvalue weighted by molar-refractivity contribution is -0.136. The van der Waals surface area contributed by atoms with Gasteiger partial charge in [0.2, 0.25) is 5.91 Å². The number of piperidine rings is 1. The summed E-state index contributed by atoms with van der Waals surface area (Å²) in [5.41, 5.74) is 1.16. The maximum atomic E-state index is 12.4. The average molecular weight is 317 g/mol. The van der Waals surface area contributed by atoms with Gasteiger partial charge in [0.05, 0.1) is 0 Å². The number of pyridine rings is 1. The second-order valence-corrected chi connectivity index (χ2v) is 6.78. The van der Waals surface area contributed by atoms with E-state index in [1.807, 2.05) is 30.3 Å². The fourth-order valence-electron chi connectivity index (χ4n) is 3.43. The predicted molar refractivity (Wildman–Crippen MR) is 94.2 cm³/mol. The Kier molecular flexibility index (Phi) is 7.03. The second-order valence-electron chi connectivity index (χ2n) is 6.78. The van der Waals surface area contributed by atoms with E-state index in [2.05, 4.69) is 29.8 Å². The van der Waals surface area contributed by atoms with Crippen LogP contribution in [0.1, 0.15) is 45.2 Å². The summed E-state index contributed by atoms with van der Waals surface area (Å²) in [4.78, 5) is 21.3. The zero-order valence-electron chi connectivity index (χ0n) is 14.9. The lowest BCUT2D eigenvalue weighted by Gasteiger charge is -2.37.